The summed E-state index contributed by atoms with van der Waals surface area (Å²) in [4.78, 5) is 9.43. The van der Waals surface area contributed by atoms with Crippen molar-refractivity contribution in [2.45, 2.75) is 0 Å². The second-order valence-corrected chi connectivity index (χ2v) is 0.902. The minimum atomic E-state index is -1.07. The summed E-state index contributed by atoms with van der Waals surface area (Å²) >= 11 is 0. The third-order valence-corrected chi connectivity index (χ3v) is 0.321. The number of hydrogen-bond acceptors (Lipinski definition) is 3. The molecule has 0 rings (SSSR count). The van der Waals surface area contributed by atoms with Crippen LogP contribution in [0.3, 0.4) is 0 Å². The molecule has 0 radical (unpaired) electrons. The average molecular weight is 174 g/mol. The average Bonchev–Trinajstić information content (AvgIpc) is 1.35. The van der Waals surface area contributed by atoms with E-state index in [0.29, 0.717) is 0 Å². The quantitative estimate of drug-likeness (QED) is 0.455. The van der Waals surface area contributed by atoms with E-state index in [0.717, 1.165) is 0 Å². The number of nitrogens with one attached hydrogen (secondary N) is 1. The van der Waals surface area contributed by atoms with Crippen LogP contribution in [0.15, 0.2) is 0 Å². The van der Waals surface area contributed by atoms with Crippen molar-refractivity contribution in [1.82, 2.24) is 5.32 Å². The first kappa shape index (κ1) is 11.1. The number of rotatable bonds is 2. The first-order chi connectivity index (χ1) is 2.77. The third-order valence-electron chi connectivity index (χ3n) is 0.321. The molecular weight excluding hydrogens is 168 g/mol. The Labute approximate surface area is 91.3 Å². The monoisotopic (exact) mass is 173 g/mol. The van der Waals surface area contributed by atoms with Crippen molar-refractivity contribution >= 4 is 5.97 Å². The van der Waals surface area contributed by atoms with Gasteiger partial charge in [0.2, 0.25) is 0 Å². The molecule has 0 amide bonds. The van der Waals surface area contributed by atoms with Gasteiger partial charge in [0.05, 0.1) is 5.97 Å². The van der Waals surface area contributed by atoms with Gasteiger partial charge in [0.15, 0.2) is 0 Å². The van der Waals surface area contributed by atoms with E-state index in [1.807, 2.05) is 0 Å². The van der Waals surface area contributed by atoms with Gasteiger partial charge in [0.1, 0.15) is 0 Å². The van der Waals surface area contributed by atoms with Gasteiger partial charge in [-0.25, -0.2) is 0 Å². The molecule has 36 valence electrons. The second-order valence-electron chi connectivity index (χ2n) is 0.902. The fourth-order valence-corrected chi connectivity index (χ4v) is 0.144. The van der Waals surface area contributed by atoms with Crippen LogP contribution in [0.25, 0.3) is 0 Å². The standard InChI is InChI=1S/C3H7NO2.Rb/c1-4-2-3(5)6;/h4H,2H2,1H3,(H,5,6);/q;+1/p-1. The molecule has 0 fully saturated rings. The molecule has 0 saturated heterocycles. The van der Waals surface area contributed by atoms with Crippen LogP contribution >= 0.6 is 0 Å². The topological polar surface area (TPSA) is 52.2 Å². The van der Waals surface area contributed by atoms with Crippen LogP contribution in [-0.4, -0.2) is 19.6 Å². The Hall–Kier alpha value is 1.24. The maximum absolute atomic E-state index is 9.43. The van der Waals surface area contributed by atoms with Crippen molar-refractivity contribution in [3.63, 3.8) is 0 Å². The van der Waals surface area contributed by atoms with E-state index >= 15 is 0 Å². The van der Waals surface area contributed by atoms with E-state index in [4.69, 9.17) is 0 Å². The molecule has 0 spiro atoms. The molecule has 0 atom stereocenters. The predicted molar refractivity (Wildman–Crippen MR) is 18.9 cm³/mol. The summed E-state index contributed by atoms with van der Waals surface area (Å²) in [6.07, 6.45) is 0. The van der Waals surface area contributed by atoms with E-state index in [-0.39, 0.29) is 64.7 Å². The fraction of sp³-hybridized carbons (Fsp3) is 0.667. The summed E-state index contributed by atoms with van der Waals surface area (Å²) in [5, 5.41) is 11.8. The van der Waals surface area contributed by atoms with Crippen molar-refractivity contribution in [3.8, 4) is 0 Å². The Morgan fingerprint density at radius 1 is 1.86 bits per heavy atom. The van der Waals surface area contributed by atoms with Crippen molar-refractivity contribution < 1.29 is 68.1 Å². The van der Waals surface area contributed by atoms with Crippen LogP contribution in [0, 0.1) is 0 Å². The van der Waals surface area contributed by atoms with E-state index < -0.39 is 5.97 Å². The molecule has 0 aliphatic rings. The molecule has 0 saturated carbocycles. The molecule has 0 aromatic rings. The normalized spacial score (nSPS) is 7.00. The fourth-order valence-electron chi connectivity index (χ4n) is 0.144. The van der Waals surface area contributed by atoms with E-state index in [1.54, 1.807) is 7.05 Å². The zero-order valence-electron chi connectivity index (χ0n) is 4.52. The van der Waals surface area contributed by atoms with Crippen molar-refractivity contribution in [2.24, 2.45) is 0 Å². The van der Waals surface area contributed by atoms with Gasteiger partial charge in [-0.2, -0.15) is 0 Å². The summed E-state index contributed by atoms with van der Waals surface area (Å²) < 4.78 is 0. The number of aliphatic carboxylic acids is 1. The molecule has 3 nitrogen and oxygen atoms in total. The van der Waals surface area contributed by atoms with Gasteiger partial charge in [-0.3, -0.25) is 0 Å². The van der Waals surface area contributed by atoms with Gasteiger partial charge < -0.3 is 15.2 Å². The SMILES string of the molecule is CNCC(=O)[O-].[Rb+]. The van der Waals surface area contributed by atoms with Crippen molar-refractivity contribution in [3.05, 3.63) is 0 Å². The Kier molecular flexibility index (Phi) is 11.5. The molecule has 0 unspecified atom stereocenters. The predicted octanol–water partition coefficient (Wildman–Crippen LogP) is -5.04. The van der Waals surface area contributed by atoms with Crippen LogP contribution in [0.1, 0.15) is 0 Å². The largest absolute Gasteiger partial charge is 1.00 e. The Balaban J connectivity index is 0. The van der Waals surface area contributed by atoms with Crippen LogP contribution in [-0.2, 0) is 4.79 Å². The zero-order valence-corrected chi connectivity index (χ0v) is 9.44. The molecule has 0 heterocycles. The van der Waals surface area contributed by atoms with Gasteiger partial charge in [-0.05, 0) is 7.05 Å². The molecule has 0 aliphatic heterocycles. The summed E-state index contributed by atoms with van der Waals surface area (Å²) in [7, 11) is 1.55. The van der Waals surface area contributed by atoms with E-state index in [9.17, 15) is 9.90 Å². The number of carbonyl (C=O) groups excluding carboxylic acids is 1. The molecule has 0 aromatic carbocycles. The number of carbonyl (C=O) groups is 1. The third kappa shape index (κ3) is 11.1. The van der Waals surface area contributed by atoms with Gasteiger partial charge in [-0.15, -0.1) is 0 Å². The Morgan fingerprint density at radius 3 is 2.29 bits per heavy atom. The summed E-state index contributed by atoms with van der Waals surface area (Å²) in [6, 6.07) is 0. The van der Waals surface area contributed by atoms with Crippen LogP contribution < -0.4 is 68.6 Å². The summed E-state index contributed by atoms with van der Waals surface area (Å²) in [6.45, 7) is -0.0694. The number of likely N-dealkylation sites (N-methyl/N-ethyl adjacent to an activating group) is 1. The molecule has 0 bridgehead atoms. The summed E-state index contributed by atoms with van der Waals surface area (Å²) in [5.74, 6) is -1.07. The van der Waals surface area contributed by atoms with Gasteiger partial charge in [0, 0.05) is 6.54 Å². The minimum Gasteiger partial charge on any atom is -0.549 e. The summed E-state index contributed by atoms with van der Waals surface area (Å²) in [5.41, 5.74) is 0. The van der Waals surface area contributed by atoms with Crippen LogP contribution in [0.5, 0.6) is 0 Å². The molecule has 0 aromatic heterocycles. The maximum Gasteiger partial charge on any atom is 1.00 e. The first-order valence-corrected chi connectivity index (χ1v) is 1.62. The Bertz CT molecular complexity index is 56.9. The molecule has 0 aliphatic carbocycles. The molecule has 1 N–H and O–H groups in total. The van der Waals surface area contributed by atoms with Crippen LogP contribution in [0.2, 0.25) is 0 Å². The van der Waals surface area contributed by atoms with E-state index in [2.05, 4.69) is 5.32 Å². The smallest absolute Gasteiger partial charge is 0.549 e. The number of carboxylic acids is 1. The molecule has 7 heavy (non-hydrogen) atoms. The van der Waals surface area contributed by atoms with Gasteiger partial charge in [0.25, 0.3) is 0 Å². The minimum absolute atomic E-state index is 0. The first-order valence-electron chi connectivity index (χ1n) is 1.62. The van der Waals surface area contributed by atoms with Gasteiger partial charge >= 0.3 is 58.2 Å². The number of carboxylic acid groups (broad SMARTS) is 1. The van der Waals surface area contributed by atoms with Crippen molar-refractivity contribution in [1.29, 1.82) is 0 Å². The Morgan fingerprint density at radius 2 is 2.29 bits per heavy atom. The van der Waals surface area contributed by atoms with Crippen LogP contribution in [0.4, 0.5) is 0 Å². The zero-order chi connectivity index (χ0) is 4.99. The second kappa shape index (κ2) is 7.24. The maximum atomic E-state index is 9.43. The van der Waals surface area contributed by atoms with Crippen molar-refractivity contribution in [2.75, 3.05) is 13.6 Å². The molecular formula is C3H6NO2Rb. The molecule has 4 heteroatoms. The number of hydrogen-bond donors (Lipinski definition) is 1. The van der Waals surface area contributed by atoms with Gasteiger partial charge in [-0.1, -0.05) is 0 Å². The van der Waals surface area contributed by atoms with E-state index in [1.165, 1.54) is 0 Å².